The van der Waals surface area contributed by atoms with Crippen LogP contribution in [0.25, 0.3) is 6.08 Å². The minimum absolute atomic E-state index is 0.0731. The lowest BCUT2D eigenvalue weighted by molar-refractivity contribution is 0.0996. The molecule has 1 N–H and O–H groups in total. The first kappa shape index (κ1) is 14.7. The van der Waals surface area contributed by atoms with Gasteiger partial charge in [-0.15, -0.1) is 0 Å². The van der Waals surface area contributed by atoms with E-state index >= 15 is 0 Å². The first-order valence-corrected chi connectivity index (χ1v) is 7.26. The number of allylic oxidation sites excluding steroid dienone is 1. The Kier molecular flexibility index (Phi) is 2.78. The molecule has 1 aromatic carbocycles. The summed E-state index contributed by atoms with van der Waals surface area (Å²) in [6.07, 6.45) is 3.80. The number of carbonyl (C=O) groups is 1. The van der Waals surface area contributed by atoms with Crippen molar-refractivity contribution < 1.29 is 19.4 Å². The van der Waals surface area contributed by atoms with Crippen molar-refractivity contribution in [3.63, 3.8) is 0 Å². The van der Waals surface area contributed by atoms with Crippen molar-refractivity contribution in [2.75, 3.05) is 0 Å². The summed E-state index contributed by atoms with van der Waals surface area (Å²) in [5.41, 5.74) is 0.360. The molecular weight excluding hydrogens is 280 g/mol. The van der Waals surface area contributed by atoms with E-state index in [-0.39, 0.29) is 17.1 Å². The van der Waals surface area contributed by atoms with Gasteiger partial charge in [0.15, 0.2) is 5.78 Å². The number of aromatic hydroxyl groups is 1. The van der Waals surface area contributed by atoms with Crippen LogP contribution in [0.3, 0.4) is 0 Å². The molecule has 0 amide bonds. The lowest BCUT2D eigenvalue weighted by atomic mass is 9.81. The maximum Gasteiger partial charge on any atom is 0.167 e. The average molecular weight is 300 g/mol. The van der Waals surface area contributed by atoms with Crippen molar-refractivity contribution in [3.05, 3.63) is 35.1 Å². The smallest absolute Gasteiger partial charge is 0.167 e. The molecule has 0 radical (unpaired) electrons. The maximum atomic E-state index is 12.1. The number of hydrogen-bond donors (Lipinski definition) is 1. The van der Waals surface area contributed by atoms with E-state index in [9.17, 15) is 9.90 Å². The first-order chi connectivity index (χ1) is 10.1. The Morgan fingerprint density at radius 1 is 1.23 bits per heavy atom. The van der Waals surface area contributed by atoms with E-state index in [1.54, 1.807) is 0 Å². The number of phenolic OH excluding ortho intramolecular Hbond substituents is 1. The fourth-order valence-corrected chi connectivity index (χ4v) is 2.95. The van der Waals surface area contributed by atoms with E-state index in [1.807, 2.05) is 39.8 Å². The molecule has 0 atom stereocenters. The monoisotopic (exact) mass is 300 g/mol. The molecule has 2 aliphatic rings. The van der Waals surface area contributed by atoms with Crippen molar-refractivity contribution in [3.8, 4) is 17.2 Å². The van der Waals surface area contributed by atoms with Crippen LogP contribution in [0.5, 0.6) is 17.2 Å². The standard InChI is InChI=1S/C18H20O4/c1-9(19)12-14(20)13-16(21-10(2)18(13,5)6)11-7-8-17(3,4)22-15(11)12/h7-8,20H,2H2,1,3-6H3. The van der Waals surface area contributed by atoms with Gasteiger partial charge in [0.25, 0.3) is 0 Å². The molecule has 0 aromatic heterocycles. The molecule has 0 fully saturated rings. The highest BCUT2D eigenvalue weighted by molar-refractivity contribution is 6.03. The number of rotatable bonds is 1. The Hall–Kier alpha value is -2.23. The van der Waals surface area contributed by atoms with Gasteiger partial charge in [0, 0.05) is 0 Å². The van der Waals surface area contributed by atoms with Crippen molar-refractivity contribution in [2.45, 2.75) is 45.6 Å². The molecule has 0 aliphatic carbocycles. The number of hydrogen-bond acceptors (Lipinski definition) is 4. The van der Waals surface area contributed by atoms with E-state index in [0.29, 0.717) is 28.4 Å². The summed E-state index contributed by atoms with van der Waals surface area (Å²) < 4.78 is 11.8. The summed E-state index contributed by atoms with van der Waals surface area (Å²) in [6.45, 7) is 13.0. The predicted molar refractivity (Wildman–Crippen MR) is 84.6 cm³/mol. The summed E-state index contributed by atoms with van der Waals surface area (Å²) in [5.74, 6) is 1.13. The zero-order valence-corrected chi connectivity index (χ0v) is 13.5. The summed E-state index contributed by atoms with van der Waals surface area (Å²) in [7, 11) is 0. The van der Waals surface area contributed by atoms with Gasteiger partial charge in [-0.25, -0.2) is 0 Å². The molecule has 0 saturated heterocycles. The van der Waals surface area contributed by atoms with E-state index in [1.165, 1.54) is 6.92 Å². The predicted octanol–water partition coefficient (Wildman–Crippen LogP) is 3.96. The molecule has 2 heterocycles. The number of benzene rings is 1. The van der Waals surface area contributed by atoms with Crippen molar-refractivity contribution >= 4 is 11.9 Å². The fraction of sp³-hybridized carbons (Fsp3) is 0.389. The topological polar surface area (TPSA) is 55.8 Å². The highest BCUT2D eigenvalue weighted by atomic mass is 16.5. The third-order valence-corrected chi connectivity index (χ3v) is 4.33. The number of fused-ring (bicyclic) bond motifs is 3. The van der Waals surface area contributed by atoms with Crippen LogP contribution in [0.15, 0.2) is 18.4 Å². The van der Waals surface area contributed by atoms with Crippen LogP contribution in [-0.2, 0) is 5.41 Å². The molecule has 3 rings (SSSR count). The van der Waals surface area contributed by atoms with Crippen LogP contribution < -0.4 is 9.47 Å². The third-order valence-electron chi connectivity index (χ3n) is 4.33. The molecule has 1 aromatic rings. The van der Waals surface area contributed by atoms with E-state index in [4.69, 9.17) is 9.47 Å². The molecule has 0 spiro atoms. The fourth-order valence-electron chi connectivity index (χ4n) is 2.95. The number of ketones is 1. The van der Waals surface area contributed by atoms with Gasteiger partial charge in [0.1, 0.15) is 34.2 Å². The highest BCUT2D eigenvalue weighted by Gasteiger charge is 2.44. The second kappa shape index (κ2) is 4.15. The number of ether oxygens (including phenoxy) is 2. The maximum absolute atomic E-state index is 12.1. The van der Waals surface area contributed by atoms with E-state index in [0.717, 1.165) is 0 Å². The molecule has 4 nitrogen and oxygen atoms in total. The van der Waals surface area contributed by atoms with Gasteiger partial charge in [-0.05, 0) is 46.8 Å². The largest absolute Gasteiger partial charge is 0.507 e. The van der Waals surface area contributed by atoms with Crippen molar-refractivity contribution in [1.82, 2.24) is 0 Å². The first-order valence-electron chi connectivity index (χ1n) is 7.26. The normalized spacial score (nSPS) is 20.0. The van der Waals surface area contributed by atoms with Crippen LogP contribution in [0.1, 0.15) is 56.1 Å². The molecule has 0 unspecified atom stereocenters. The van der Waals surface area contributed by atoms with Gasteiger partial charge < -0.3 is 14.6 Å². The Labute approximate surface area is 130 Å². The summed E-state index contributed by atoms with van der Waals surface area (Å²) in [4.78, 5) is 12.1. The Morgan fingerprint density at radius 2 is 1.86 bits per heavy atom. The van der Waals surface area contributed by atoms with Gasteiger partial charge in [-0.2, -0.15) is 0 Å². The zero-order valence-electron chi connectivity index (χ0n) is 13.5. The number of Topliss-reactive ketones (excluding diaryl/α,β-unsaturated/α-hetero) is 1. The minimum Gasteiger partial charge on any atom is -0.507 e. The van der Waals surface area contributed by atoms with Crippen LogP contribution in [0, 0.1) is 0 Å². The quantitative estimate of drug-likeness (QED) is 0.798. The Bertz CT molecular complexity index is 751. The third kappa shape index (κ3) is 1.79. The highest BCUT2D eigenvalue weighted by Crippen LogP contribution is 2.56. The van der Waals surface area contributed by atoms with Gasteiger partial charge in [-0.3, -0.25) is 4.79 Å². The van der Waals surface area contributed by atoms with Gasteiger partial charge in [-0.1, -0.05) is 6.58 Å². The number of phenols is 1. The molecule has 0 saturated carbocycles. The molecule has 4 heteroatoms. The van der Waals surface area contributed by atoms with E-state index in [2.05, 4.69) is 6.58 Å². The van der Waals surface area contributed by atoms with Gasteiger partial charge in [0.2, 0.25) is 0 Å². The lowest BCUT2D eigenvalue weighted by Crippen LogP contribution is -2.29. The van der Waals surface area contributed by atoms with Crippen LogP contribution in [0.2, 0.25) is 0 Å². The van der Waals surface area contributed by atoms with E-state index < -0.39 is 11.0 Å². The van der Waals surface area contributed by atoms with Gasteiger partial charge in [0.05, 0.1) is 16.5 Å². The second-order valence-electron chi connectivity index (χ2n) is 6.92. The summed E-state index contributed by atoms with van der Waals surface area (Å²) >= 11 is 0. The van der Waals surface area contributed by atoms with Crippen molar-refractivity contribution in [2.24, 2.45) is 0 Å². The van der Waals surface area contributed by atoms with Gasteiger partial charge >= 0.3 is 0 Å². The SMILES string of the molecule is C=C1Oc2c3c(c(C(C)=O)c(O)c2C1(C)C)OC(C)(C)C=C3. The van der Waals surface area contributed by atoms with Crippen LogP contribution in [0.4, 0.5) is 0 Å². The molecular formula is C18H20O4. The van der Waals surface area contributed by atoms with Crippen LogP contribution >= 0.6 is 0 Å². The average Bonchev–Trinajstić information content (AvgIpc) is 2.59. The second-order valence-corrected chi connectivity index (χ2v) is 6.92. The molecule has 2 aliphatic heterocycles. The lowest BCUT2D eigenvalue weighted by Gasteiger charge is -2.30. The summed E-state index contributed by atoms with van der Waals surface area (Å²) in [5, 5.41) is 10.7. The van der Waals surface area contributed by atoms with Crippen LogP contribution in [-0.4, -0.2) is 16.5 Å². The summed E-state index contributed by atoms with van der Waals surface area (Å²) in [6, 6.07) is 0. The molecule has 22 heavy (non-hydrogen) atoms. The zero-order chi connectivity index (χ0) is 16.4. The van der Waals surface area contributed by atoms with Crippen molar-refractivity contribution in [1.29, 1.82) is 0 Å². The number of carbonyl (C=O) groups excluding carboxylic acids is 1. The molecule has 116 valence electrons. The minimum atomic E-state index is -0.570. The molecule has 0 bridgehead atoms. The Morgan fingerprint density at radius 3 is 2.45 bits per heavy atom. The Balaban J connectivity index is 2.42.